The van der Waals surface area contributed by atoms with E-state index in [1.807, 2.05) is 35.0 Å². The summed E-state index contributed by atoms with van der Waals surface area (Å²) in [5, 5.41) is 2.10. The van der Waals surface area contributed by atoms with E-state index < -0.39 is 0 Å². The number of nitrogens with zero attached hydrogens (tertiary/aromatic N) is 3. The van der Waals surface area contributed by atoms with Crippen molar-refractivity contribution >= 4 is 22.4 Å². The highest BCUT2D eigenvalue weighted by Gasteiger charge is 2.08. The fraction of sp³-hybridized carbons (Fsp3) is 0. The van der Waals surface area contributed by atoms with Crippen molar-refractivity contribution < 1.29 is 0 Å². The Bertz CT molecular complexity index is 793. The number of thiophene rings is 1. The number of fused-ring (bicyclic) bond motifs is 1. The highest BCUT2D eigenvalue weighted by Crippen LogP contribution is 2.28. The molecule has 19 heavy (non-hydrogen) atoms. The largest absolute Gasteiger partial charge is 0.337 e. The quantitative estimate of drug-likeness (QED) is 0.604. The van der Waals surface area contributed by atoms with Gasteiger partial charge in [0.1, 0.15) is 5.82 Å². The molecule has 0 amide bonds. The molecular weight excluding hydrogens is 256 g/mol. The standard InChI is InChI=1S/C14H10N4S/c1-2-4-12-11(3-1)16-14(17-12)13-7-10(8-19-13)18-6-5-15-9-18/h1-9H,(H,16,17). The molecule has 0 fully saturated rings. The Morgan fingerprint density at radius 3 is 3.00 bits per heavy atom. The second-order valence-corrected chi connectivity index (χ2v) is 5.15. The van der Waals surface area contributed by atoms with Crippen LogP contribution in [-0.4, -0.2) is 19.5 Å². The molecule has 1 N–H and O–H groups in total. The minimum Gasteiger partial charge on any atom is -0.337 e. The van der Waals surface area contributed by atoms with Crippen LogP contribution in [0.25, 0.3) is 27.4 Å². The minimum absolute atomic E-state index is 0.914. The van der Waals surface area contributed by atoms with Crippen LogP contribution >= 0.6 is 11.3 Å². The van der Waals surface area contributed by atoms with Gasteiger partial charge in [0.2, 0.25) is 0 Å². The van der Waals surface area contributed by atoms with Gasteiger partial charge in [-0.15, -0.1) is 11.3 Å². The molecule has 0 bridgehead atoms. The maximum Gasteiger partial charge on any atom is 0.148 e. The topological polar surface area (TPSA) is 46.5 Å². The molecule has 0 spiro atoms. The zero-order valence-electron chi connectivity index (χ0n) is 9.95. The molecule has 3 aromatic heterocycles. The summed E-state index contributed by atoms with van der Waals surface area (Å²) < 4.78 is 1.99. The van der Waals surface area contributed by atoms with Gasteiger partial charge in [-0.3, -0.25) is 0 Å². The zero-order chi connectivity index (χ0) is 12.7. The Morgan fingerprint density at radius 1 is 1.21 bits per heavy atom. The van der Waals surface area contributed by atoms with Crippen LogP contribution in [0.3, 0.4) is 0 Å². The number of para-hydroxylation sites is 2. The fourth-order valence-electron chi connectivity index (χ4n) is 2.07. The molecule has 0 aliphatic heterocycles. The molecule has 0 saturated carbocycles. The van der Waals surface area contributed by atoms with Gasteiger partial charge in [-0.05, 0) is 18.2 Å². The van der Waals surface area contributed by atoms with Crippen LogP contribution in [0.4, 0.5) is 0 Å². The van der Waals surface area contributed by atoms with Crippen LogP contribution in [0.2, 0.25) is 0 Å². The molecule has 4 nitrogen and oxygen atoms in total. The van der Waals surface area contributed by atoms with Gasteiger partial charge < -0.3 is 9.55 Å². The van der Waals surface area contributed by atoms with Crippen molar-refractivity contribution in [2.45, 2.75) is 0 Å². The predicted molar refractivity (Wildman–Crippen MR) is 76.5 cm³/mol. The van der Waals surface area contributed by atoms with Crippen molar-refractivity contribution in [1.82, 2.24) is 19.5 Å². The summed E-state index contributed by atoms with van der Waals surface area (Å²) in [5.41, 5.74) is 3.17. The van der Waals surface area contributed by atoms with Crippen LogP contribution < -0.4 is 0 Å². The van der Waals surface area contributed by atoms with Gasteiger partial charge in [0, 0.05) is 17.8 Å². The van der Waals surface area contributed by atoms with Gasteiger partial charge in [0.15, 0.2) is 0 Å². The Labute approximate surface area is 113 Å². The number of aromatic amines is 1. The number of aromatic nitrogens is 4. The molecule has 3 heterocycles. The SMILES string of the molecule is c1ccc2[nH]c(-c3cc(-n4ccnc4)cs3)nc2c1. The summed E-state index contributed by atoms with van der Waals surface area (Å²) in [5.74, 6) is 0.914. The van der Waals surface area contributed by atoms with Crippen LogP contribution in [-0.2, 0) is 0 Å². The van der Waals surface area contributed by atoms with Crippen molar-refractivity contribution in [1.29, 1.82) is 0 Å². The van der Waals surface area contributed by atoms with Crippen molar-refractivity contribution in [3.63, 3.8) is 0 Å². The molecule has 0 aliphatic carbocycles. The predicted octanol–water partition coefficient (Wildman–Crippen LogP) is 3.48. The number of H-pyrrole nitrogens is 1. The lowest BCUT2D eigenvalue weighted by molar-refractivity contribution is 1.07. The van der Waals surface area contributed by atoms with Gasteiger partial charge in [0.05, 0.1) is 27.9 Å². The highest BCUT2D eigenvalue weighted by atomic mass is 32.1. The third-order valence-electron chi connectivity index (χ3n) is 3.01. The molecule has 0 saturated heterocycles. The zero-order valence-corrected chi connectivity index (χ0v) is 10.8. The molecule has 0 aliphatic rings. The molecule has 1 aromatic carbocycles. The number of nitrogens with one attached hydrogen (secondary N) is 1. The summed E-state index contributed by atoms with van der Waals surface area (Å²) >= 11 is 1.67. The van der Waals surface area contributed by atoms with Crippen molar-refractivity contribution in [3.8, 4) is 16.4 Å². The van der Waals surface area contributed by atoms with Crippen molar-refractivity contribution in [2.75, 3.05) is 0 Å². The average Bonchev–Trinajstić information content (AvgIpc) is 3.17. The monoisotopic (exact) mass is 266 g/mol. The van der Waals surface area contributed by atoms with Gasteiger partial charge in [-0.25, -0.2) is 9.97 Å². The molecule has 5 heteroatoms. The molecule has 4 rings (SSSR count). The number of rotatable bonds is 2. The minimum atomic E-state index is 0.914. The smallest absolute Gasteiger partial charge is 0.148 e. The first-order chi connectivity index (χ1) is 9.40. The van der Waals surface area contributed by atoms with Crippen LogP contribution in [0.1, 0.15) is 0 Å². The highest BCUT2D eigenvalue weighted by molar-refractivity contribution is 7.13. The van der Waals surface area contributed by atoms with E-state index in [4.69, 9.17) is 0 Å². The molecule has 92 valence electrons. The summed E-state index contributed by atoms with van der Waals surface area (Å²) in [6, 6.07) is 10.2. The summed E-state index contributed by atoms with van der Waals surface area (Å²) in [7, 11) is 0. The van der Waals surface area contributed by atoms with E-state index >= 15 is 0 Å². The lowest BCUT2D eigenvalue weighted by Crippen LogP contribution is -1.85. The fourth-order valence-corrected chi connectivity index (χ4v) is 2.90. The maximum atomic E-state index is 4.61. The number of imidazole rings is 2. The Balaban J connectivity index is 1.80. The third-order valence-corrected chi connectivity index (χ3v) is 3.94. The average molecular weight is 266 g/mol. The first-order valence-electron chi connectivity index (χ1n) is 5.92. The first kappa shape index (κ1) is 10.5. The van der Waals surface area contributed by atoms with Crippen LogP contribution in [0.5, 0.6) is 0 Å². The van der Waals surface area contributed by atoms with Crippen molar-refractivity contribution in [3.05, 3.63) is 54.4 Å². The van der Waals surface area contributed by atoms with Gasteiger partial charge >= 0.3 is 0 Å². The van der Waals surface area contributed by atoms with Crippen LogP contribution in [0.15, 0.2) is 54.4 Å². The van der Waals surface area contributed by atoms with Gasteiger partial charge in [-0.1, -0.05) is 12.1 Å². The summed E-state index contributed by atoms with van der Waals surface area (Å²) in [6.07, 6.45) is 5.51. The Morgan fingerprint density at radius 2 is 2.16 bits per heavy atom. The van der Waals surface area contributed by atoms with E-state index in [-0.39, 0.29) is 0 Å². The van der Waals surface area contributed by atoms with Crippen LogP contribution in [0, 0.1) is 0 Å². The Hall–Kier alpha value is -2.40. The second kappa shape index (κ2) is 4.07. The molecule has 0 radical (unpaired) electrons. The maximum absolute atomic E-state index is 4.61. The molecule has 0 unspecified atom stereocenters. The Kier molecular flexibility index (Phi) is 2.25. The summed E-state index contributed by atoms with van der Waals surface area (Å²) in [4.78, 5) is 13.1. The van der Waals surface area contributed by atoms with E-state index in [1.54, 1.807) is 23.9 Å². The van der Waals surface area contributed by atoms with E-state index in [0.29, 0.717) is 0 Å². The lowest BCUT2D eigenvalue weighted by atomic mass is 10.3. The number of hydrogen-bond acceptors (Lipinski definition) is 3. The molecule has 4 aromatic rings. The lowest BCUT2D eigenvalue weighted by Gasteiger charge is -1.94. The summed E-state index contributed by atoms with van der Waals surface area (Å²) in [6.45, 7) is 0. The van der Waals surface area contributed by atoms with E-state index in [9.17, 15) is 0 Å². The van der Waals surface area contributed by atoms with E-state index in [0.717, 1.165) is 27.4 Å². The van der Waals surface area contributed by atoms with E-state index in [2.05, 4.69) is 26.4 Å². The van der Waals surface area contributed by atoms with Gasteiger partial charge in [0.25, 0.3) is 0 Å². The first-order valence-corrected chi connectivity index (χ1v) is 6.80. The van der Waals surface area contributed by atoms with Crippen molar-refractivity contribution in [2.24, 2.45) is 0 Å². The number of benzene rings is 1. The van der Waals surface area contributed by atoms with Gasteiger partial charge in [-0.2, -0.15) is 0 Å². The van der Waals surface area contributed by atoms with E-state index in [1.165, 1.54) is 0 Å². The molecular formula is C14H10N4S. The molecule has 0 atom stereocenters. The number of hydrogen-bond donors (Lipinski definition) is 1. The third kappa shape index (κ3) is 1.75. The second-order valence-electron chi connectivity index (χ2n) is 4.24. The normalized spacial score (nSPS) is 11.2.